The zero-order valence-corrected chi connectivity index (χ0v) is 21.9. The summed E-state index contributed by atoms with van der Waals surface area (Å²) in [5.41, 5.74) is 1.41. The van der Waals surface area contributed by atoms with Crippen molar-refractivity contribution in [3.63, 3.8) is 0 Å². The molecule has 1 fully saturated rings. The molecule has 0 N–H and O–H groups in total. The van der Waals surface area contributed by atoms with E-state index in [4.69, 9.17) is 4.74 Å². The van der Waals surface area contributed by atoms with Crippen LogP contribution in [-0.2, 0) is 0 Å². The van der Waals surface area contributed by atoms with Gasteiger partial charge in [0.1, 0.15) is 0 Å². The quantitative estimate of drug-likeness (QED) is 0.244. The number of rotatable bonds is 14. The van der Waals surface area contributed by atoms with Crippen molar-refractivity contribution in [2.24, 2.45) is 17.8 Å². The van der Waals surface area contributed by atoms with Crippen molar-refractivity contribution in [1.82, 2.24) is 0 Å². The third-order valence-corrected chi connectivity index (χ3v) is 8.37. The Labute approximate surface area is 207 Å². The molecule has 2 aliphatic rings. The molecule has 3 heteroatoms. The third kappa shape index (κ3) is 8.09. The van der Waals surface area contributed by atoms with Crippen molar-refractivity contribution < 1.29 is 13.5 Å². The van der Waals surface area contributed by atoms with Gasteiger partial charge in [-0.1, -0.05) is 90.6 Å². The van der Waals surface area contributed by atoms with E-state index < -0.39 is 11.6 Å². The van der Waals surface area contributed by atoms with E-state index in [-0.39, 0.29) is 5.75 Å². The molecule has 34 heavy (non-hydrogen) atoms. The van der Waals surface area contributed by atoms with Crippen LogP contribution in [0.3, 0.4) is 0 Å². The molecular weight excluding hydrogens is 426 g/mol. The highest BCUT2D eigenvalue weighted by molar-refractivity contribution is 5.67. The number of unbranched alkanes of at least 4 members (excludes halogenated alkanes) is 7. The van der Waals surface area contributed by atoms with E-state index in [9.17, 15) is 8.78 Å². The van der Waals surface area contributed by atoms with E-state index in [2.05, 4.69) is 19.9 Å². The number of halogens is 2. The molecule has 0 saturated heterocycles. The number of hydrogen-bond acceptors (Lipinski definition) is 1. The lowest BCUT2D eigenvalue weighted by molar-refractivity contribution is 0.187. The van der Waals surface area contributed by atoms with E-state index in [1.165, 1.54) is 77.0 Å². The van der Waals surface area contributed by atoms with Gasteiger partial charge in [-0.05, 0) is 74.0 Å². The van der Waals surface area contributed by atoms with Gasteiger partial charge in [-0.3, -0.25) is 0 Å². The summed E-state index contributed by atoms with van der Waals surface area (Å²) in [7, 11) is 0. The first-order chi connectivity index (χ1) is 16.6. The maximum Gasteiger partial charge on any atom is 0.201 e. The third-order valence-electron chi connectivity index (χ3n) is 8.37. The lowest BCUT2D eigenvalue weighted by atomic mass is 9.70. The molecule has 1 aromatic carbocycles. The molecule has 0 radical (unpaired) electrons. The number of benzene rings is 1. The van der Waals surface area contributed by atoms with Crippen LogP contribution in [0.2, 0.25) is 0 Å². The number of hydrogen-bond donors (Lipinski definition) is 0. The predicted molar refractivity (Wildman–Crippen MR) is 140 cm³/mol. The van der Waals surface area contributed by atoms with Crippen LogP contribution in [0.15, 0.2) is 18.2 Å². The van der Waals surface area contributed by atoms with Crippen LogP contribution in [-0.4, -0.2) is 6.61 Å². The molecular formula is C31H48F2O. The molecule has 0 aromatic heterocycles. The minimum Gasteiger partial charge on any atom is -0.490 e. The Hall–Kier alpha value is -1.38. The molecule has 0 heterocycles. The first-order valence-electron chi connectivity index (χ1n) is 14.4. The highest BCUT2D eigenvalue weighted by Gasteiger charge is 2.29. The highest BCUT2D eigenvalue weighted by Crippen LogP contribution is 2.43. The van der Waals surface area contributed by atoms with Gasteiger partial charge in [-0.15, -0.1) is 0 Å². The molecule has 1 unspecified atom stereocenters. The van der Waals surface area contributed by atoms with Gasteiger partial charge in [0.25, 0.3) is 0 Å². The van der Waals surface area contributed by atoms with Crippen molar-refractivity contribution >= 4 is 5.57 Å². The highest BCUT2D eigenvalue weighted by atomic mass is 19.2. The van der Waals surface area contributed by atoms with Gasteiger partial charge in [0, 0.05) is 5.56 Å². The summed E-state index contributed by atoms with van der Waals surface area (Å²) >= 11 is 0. The summed E-state index contributed by atoms with van der Waals surface area (Å²) in [6, 6.07) is 3.35. The molecule has 0 aliphatic heterocycles. The van der Waals surface area contributed by atoms with E-state index in [1.54, 1.807) is 12.1 Å². The second-order valence-electron chi connectivity index (χ2n) is 10.9. The lowest BCUT2D eigenvalue weighted by Crippen LogP contribution is -2.23. The van der Waals surface area contributed by atoms with Crippen LogP contribution in [0.5, 0.6) is 5.75 Å². The maximum atomic E-state index is 14.9. The van der Waals surface area contributed by atoms with Crippen molar-refractivity contribution in [2.75, 3.05) is 6.61 Å². The smallest absolute Gasteiger partial charge is 0.201 e. The van der Waals surface area contributed by atoms with Gasteiger partial charge in [0.2, 0.25) is 5.82 Å². The van der Waals surface area contributed by atoms with Crippen LogP contribution in [0, 0.1) is 29.4 Å². The van der Waals surface area contributed by atoms with Crippen LogP contribution >= 0.6 is 0 Å². The van der Waals surface area contributed by atoms with Crippen molar-refractivity contribution in [3.8, 4) is 5.75 Å². The average Bonchev–Trinajstić information content (AvgIpc) is 2.87. The van der Waals surface area contributed by atoms with E-state index in [0.29, 0.717) is 18.1 Å². The fourth-order valence-electron chi connectivity index (χ4n) is 6.11. The van der Waals surface area contributed by atoms with Crippen LogP contribution < -0.4 is 4.74 Å². The molecule has 0 spiro atoms. The van der Waals surface area contributed by atoms with Crippen LogP contribution in [0.1, 0.15) is 129 Å². The standard InChI is InChI=1S/C31H48F2O/c1-3-5-7-8-9-11-23-34-29-22-21-28(30(32)31(29)33)27-19-17-26(18-20-27)25-15-13-24(14-16-25)12-10-6-4-2/h19,21-22,24-26H,3-18,20,23H2,1-2H3. The molecule has 1 nitrogen and oxygen atoms in total. The molecule has 1 saturated carbocycles. The van der Waals surface area contributed by atoms with Crippen molar-refractivity contribution in [3.05, 3.63) is 35.4 Å². The zero-order chi connectivity index (χ0) is 24.2. The Balaban J connectivity index is 1.45. The minimum atomic E-state index is -0.826. The Morgan fingerprint density at radius 3 is 2.18 bits per heavy atom. The summed E-state index contributed by atoms with van der Waals surface area (Å²) in [4.78, 5) is 0. The SMILES string of the molecule is CCCCCCCCOc1ccc(C2=CCC(C3CCC(CCCCC)CC3)CC2)c(F)c1F. The number of ether oxygens (including phenoxy) is 1. The van der Waals surface area contributed by atoms with Crippen LogP contribution in [0.25, 0.3) is 5.57 Å². The van der Waals surface area contributed by atoms with Gasteiger partial charge in [-0.25, -0.2) is 4.39 Å². The van der Waals surface area contributed by atoms with Gasteiger partial charge < -0.3 is 4.74 Å². The normalized spacial score (nSPS) is 23.1. The van der Waals surface area contributed by atoms with Crippen LogP contribution in [0.4, 0.5) is 8.78 Å². The summed E-state index contributed by atoms with van der Waals surface area (Å²) in [6.45, 7) is 4.93. The Morgan fingerprint density at radius 2 is 1.47 bits per heavy atom. The van der Waals surface area contributed by atoms with Gasteiger partial charge >= 0.3 is 0 Å². The molecule has 2 aliphatic carbocycles. The topological polar surface area (TPSA) is 9.23 Å². The fraction of sp³-hybridized carbons (Fsp3) is 0.742. The van der Waals surface area contributed by atoms with E-state index in [0.717, 1.165) is 49.5 Å². The zero-order valence-electron chi connectivity index (χ0n) is 21.9. The molecule has 1 aromatic rings. The lowest BCUT2D eigenvalue weighted by Gasteiger charge is -2.35. The second kappa shape index (κ2) is 14.9. The number of allylic oxidation sites excluding steroid dienone is 2. The van der Waals surface area contributed by atoms with Gasteiger partial charge in [0.05, 0.1) is 6.61 Å². The summed E-state index contributed by atoms with van der Waals surface area (Å²) < 4.78 is 35.1. The first kappa shape index (κ1) is 27.2. The average molecular weight is 475 g/mol. The van der Waals surface area contributed by atoms with Gasteiger partial charge in [0.15, 0.2) is 11.6 Å². The summed E-state index contributed by atoms with van der Waals surface area (Å²) in [6.07, 6.45) is 23.0. The Morgan fingerprint density at radius 1 is 0.765 bits per heavy atom. The molecule has 3 rings (SSSR count). The summed E-state index contributed by atoms with van der Waals surface area (Å²) in [5, 5.41) is 0. The molecule has 192 valence electrons. The van der Waals surface area contributed by atoms with E-state index >= 15 is 0 Å². The largest absolute Gasteiger partial charge is 0.490 e. The van der Waals surface area contributed by atoms with E-state index in [1.807, 2.05) is 0 Å². The summed E-state index contributed by atoms with van der Waals surface area (Å²) in [5.74, 6) is 0.967. The molecule has 1 atom stereocenters. The Kier molecular flexibility index (Phi) is 11.9. The molecule has 0 bridgehead atoms. The van der Waals surface area contributed by atoms with Crippen molar-refractivity contribution in [1.29, 1.82) is 0 Å². The first-order valence-corrected chi connectivity index (χ1v) is 14.4. The second-order valence-corrected chi connectivity index (χ2v) is 10.9. The molecule has 0 amide bonds. The fourth-order valence-corrected chi connectivity index (χ4v) is 6.11. The Bertz CT molecular complexity index is 748. The maximum absolute atomic E-state index is 14.9. The van der Waals surface area contributed by atoms with Gasteiger partial charge in [-0.2, -0.15) is 4.39 Å². The minimum absolute atomic E-state index is 0.0554. The van der Waals surface area contributed by atoms with Crippen molar-refractivity contribution in [2.45, 2.75) is 123 Å². The monoisotopic (exact) mass is 474 g/mol. The predicted octanol–water partition coefficient (Wildman–Crippen LogP) is 10.3.